The maximum Gasteiger partial charge on any atom is 0.145 e. The second-order valence-corrected chi connectivity index (χ2v) is 14.8. The van der Waals surface area contributed by atoms with Gasteiger partial charge in [0.1, 0.15) is 11.2 Å². The van der Waals surface area contributed by atoms with E-state index in [0.29, 0.717) is 0 Å². The van der Waals surface area contributed by atoms with E-state index in [1.165, 1.54) is 38.2 Å². The fraction of sp³-hybridized carbons (Fsp3) is 0. The topological polar surface area (TPSA) is 16.4 Å². The molecular formula is C56H37NO. The van der Waals surface area contributed by atoms with E-state index in [9.17, 15) is 0 Å². The van der Waals surface area contributed by atoms with Crippen molar-refractivity contribution in [3.63, 3.8) is 0 Å². The number of hydrogen-bond acceptors (Lipinski definition) is 2. The van der Waals surface area contributed by atoms with E-state index < -0.39 is 0 Å². The molecule has 1 heterocycles. The van der Waals surface area contributed by atoms with Crippen molar-refractivity contribution in [2.45, 2.75) is 0 Å². The van der Waals surface area contributed by atoms with Crippen molar-refractivity contribution >= 4 is 60.5 Å². The first-order valence-corrected chi connectivity index (χ1v) is 19.8. The minimum Gasteiger partial charge on any atom is -0.455 e. The van der Waals surface area contributed by atoms with Crippen LogP contribution in [0.25, 0.3) is 88.0 Å². The Morgan fingerprint density at radius 1 is 0.293 bits per heavy atom. The fourth-order valence-electron chi connectivity index (χ4n) is 8.74. The van der Waals surface area contributed by atoms with Gasteiger partial charge in [-0.05, 0) is 91.8 Å². The lowest BCUT2D eigenvalue weighted by molar-refractivity contribution is 0.670. The average Bonchev–Trinajstić information content (AvgIpc) is 3.70. The number of furan rings is 1. The zero-order valence-electron chi connectivity index (χ0n) is 31.7. The van der Waals surface area contributed by atoms with Crippen LogP contribution in [0.5, 0.6) is 0 Å². The molecule has 0 saturated heterocycles. The summed E-state index contributed by atoms with van der Waals surface area (Å²) in [4.78, 5) is 2.47. The summed E-state index contributed by atoms with van der Waals surface area (Å²) in [6, 6.07) is 80.7. The van der Waals surface area contributed by atoms with Gasteiger partial charge >= 0.3 is 0 Å². The van der Waals surface area contributed by atoms with Crippen LogP contribution in [0.15, 0.2) is 229 Å². The Kier molecular flexibility index (Phi) is 8.19. The molecule has 0 bridgehead atoms. The predicted molar refractivity (Wildman–Crippen MR) is 245 cm³/mol. The largest absolute Gasteiger partial charge is 0.455 e. The first-order chi connectivity index (χ1) is 28.8. The summed E-state index contributed by atoms with van der Waals surface area (Å²) in [6.45, 7) is 0. The number of benzene rings is 10. The lowest BCUT2D eigenvalue weighted by atomic mass is 9.93. The van der Waals surface area contributed by atoms with Gasteiger partial charge in [-0.2, -0.15) is 0 Å². The molecule has 0 aliphatic heterocycles. The van der Waals surface area contributed by atoms with Crippen molar-refractivity contribution < 1.29 is 4.42 Å². The molecule has 0 unspecified atom stereocenters. The third kappa shape index (κ3) is 5.74. The number of hydrogen-bond donors (Lipinski definition) is 0. The van der Waals surface area contributed by atoms with Crippen LogP contribution in [0.2, 0.25) is 0 Å². The van der Waals surface area contributed by atoms with Gasteiger partial charge < -0.3 is 9.32 Å². The van der Waals surface area contributed by atoms with Crippen molar-refractivity contribution in [1.82, 2.24) is 0 Å². The summed E-state index contributed by atoms with van der Waals surface area (Å²) >= 11 is 0. The molecule has 0 saturated carbocycles. The van der Waals surface area contributed by atoms with Gasteiger partial charge in [-0.15, -0.1) is 0 Å². The summed E-state index contributed by atoms with van der Waals surface area (Å²) in [5.41, 5.74) is 14.1. The van der Waals surface area contributed by atoms with E-state index in [1.807, 2.05) is 0 Å². The third-order valence-corrected chi connectivity index (χ3v) is 11.5. The maximum atomic E-state index is 6.94. The zero-order valence-corrected chi connectivity index (χ0v) is 31.7. The Labute approximate surface area is 337 Å². The van der Waals surface area contributed by atoms with Crippen LogP contribution >= 0.6 is 0 Å². The van der Waals surface area contributed by atoms with Crippen molar-refractivity contribution in [3.05, 3.63) is 224 Å². The number of nitrogens with zero attached hydrogens (tertiary/aromatic N) is 1. The van der Waals surface area contributed by atoms with Crippen LogP contribution in [0.3, 0.4) is 0 Å². The summed E-state index contributed by atoms with van der Waals surface area (Å²) in [5.74, 6) is 0. The first-order valence-electron chi connectivity index (χ1n) is 19.8. The fourth-order valence-corrected chi connectivity index (χ4v) is 8.74. The highest BCUT2D eigenvalue weighted by Crippen LogP contribution is 2.51. The maximum absolute atomic E-state index is 6.94. The SMILES string of the molecule is c1ccc(-c2cccc(-c3ccccc3N(c3ccccc3-c3cccc4ccccc34)c3ccc(-c4ccc5ccccc5c4)c4oc5ccccc5c34)c2)cc1. The molecule has 2 heteroatoms. The molecule has 11 rings (SSSR count). The lowest BCUT2D eigenvalue weighted by Gasteiger charge is -2.31. The zero-order chi connectivity index (χ0) is 38.4. The highest BCUT2D eigenvalue weighted by Gasteiger charge is 2.26. The number of anilines is 3. The molecule has 0 fully saturated rings. The molecule has 0 aliphatic carbocycles. The van der Waals surface area contributed by atoms with Crippen LogP contribution in [0, 0.1) is 0 Å². The monoisotopic (exact) mass is 739 g/mol. The number of rotatable bonds is 7. The van der Waals surface area contributed by atoms with E-state index in [-0.39, 0.29) is 0 Å². The van der Waals surface area contributed by atoms with E-state index in [1.54, 1.807) is 0 Å². The molecule has 58 heavy (non-hydrogen) atoms. The Balaban J connectivity index is 1.21. The quantitative estimate of drug-likeness (QED) is 0.162. The number of para-hydroxylation sites is 3. The van der Waals surface area contributed by atoms with Gasteiger partial charge in [0.2, 0.25) is 0 Å². The Bertz CT molecular complexity index is 3300. The van der Waals surface area contributed by atoms with Crippen LogP contribution in [0.1, 0.15) is 0 Å². The molecule has 0 aliphatic rings. The van der Waals surface area contributed by atoms with Crippen molar-refractivity contribution in [2.75, 3.05) is 4.90 Å². The van der Waals surface area contributed by atoms with Gasteiger partial charge in [0, 0.05) is 22.1 Å². The van der Waals surface area contributed by atoms with Crippen LogP contribution in [0.4, 0.5) is 17.1 Å². The normalized spacial score (nSPS) is 11.4. The van der Waals surface area contributed by atoms with Crippen molar-refractivity contribution in [1.29, 1.82) is 0 Å². The Hall–Kier alpha value is -7.68. The molecule has 10 aromatic carbocycles. The second-order valence-electron chi connectivity index (χ2n) is 14.8. The molecule has 0 N–H and O–H groups in total. The molecular weight excluding hydrogens is 703 g/mol. The van der Waals surface area contributed by atoms with Crippen LogP contribution in [-0.2, 0) is 0 Å². The summed E-state index contributed by atoms with van der Waals surface area (Å²) in [7, 11) is 0. The molecule has 0 spiro atoms. The summed E-state index contributed by atoms with van der Waals surface area (Å²) in [5, 5.41) is 6.99. The molecule has 0 atom stereocenters. The smallest absolute Gasteiger partial charge is 0.145 e. The summed E-state index contributed by atoms with van der Waals surface area (Å²) in [6.07, 6.45) is 0. The van der Waals surface area contributed by atoms with Crippen LogP contribution < -0.4 is 4.90 Å². The van der Waals surface area contributed by atoms with Gasteiger partial charge in [-0.1, -0.05) is 182 Å². The molecule has 11 aromatic rings. The Morgan fingerprint density at radius 2 is 0.879 bits per heavy atom. The van der Waals surface area contributed by atoms with E-state index in [0.717, 1.165) is 66.8 Å². The van der Waals surface area contributed by atoms with Crippen molar-refractivity contribution in [2.24, 2.45) is 0 Å². The third-order valence-electron chi connectivity index (χ3n) is 11.5. The predicted octanol–water partition coefficient (Wildman–Crippen LogP) is 16.0. The van der Waals surface area contributed by atoms with Gasteiger partial charge in [0.05, 0.1) is 22.4 Å². The minimum atomic E-state index is 0.859. The van der Waals surface area contributed by atoms with Crippen LogP contribution in [-0.4, -0.2) is 0 Å². The highest BCUT2D eigenvalue weighted by atomic mass is 16.3. The second kappa shape index (κ2) is 14.1. The molecule has 1 aromatic heterocycles. The molecule has 272 valence electrons. The van der Waals surface area contributed by atoms with Gasteiger partial charge in [-0.3, -0.25) is 0 Å². The van der Waals surface area contributed by atoms with E-state index in [4.69, 9.17) is 4.42 Å². The molecule has 2 nitrogen and oxygen atoms in total. The lowest BCUT2D eigenvalue weighted by Crippen LogP contribution is -2.13. The van der Waals surface area contributed by atoms with Gasteiger partial charge in [-0.25, -0.2) is 0 Å². The molecule has 0 amide bonds. The standard InChI is InChI=1S/C56H37NO/c1-2-16-38(17-3-1)42-22-14-23-43(36-42)46-25-8-11-29-51(46)57(52-30-12-9-26-49(52)48-28-15-21-40-19-6-7-24-45(40)48)53-35-34-47(44-33-32-39-18-4-5-20-41(39)37-44)56-55(53)50-27-10-13-31-54(50)58-56/h1-37H. The van der Waals surface area contributed by atoms with Crippen molar-refractivity contribution in [3.8, 4) is 44.5 Å². The minimum absolute atomic E-state index is 0.859. The number of fused-ring (bicyclic) bond motifs is 5. The highest BCUT2D eigenvalue weighted by molar-refractivity contribution is 6.18. The summed E-state index contributed by atoms with van der Waals surface area (Å²) < 4.78 is 6.94. The van der Waals surface area contributed by atoms with E-state index >= 15 is 0 Å². The van der Waals surface area contributed by atoms with Gasteiger partial charge in [0.15, 0.2) is 0 Å². The molecule has 0 radical (unpaired) electrons. The van der Waals surface area contributed by atoms with E-state index in [2.05, 4.69) is 229 Å². The first kappa shape index (κ1) is 33.6. The Morgan fingerprint density at radius 3 is 1.74 bits per heavy atom. The van der Waals surface area contributed by atoms with Gasteiger partial charge in [0.25, 0.3) is 0 Å². The average molecular weight is 740 g/mol.